The number of hydrogen-bond donors (Lipinski definition) is 2. The SMILES string of the molecule is COc1ccc(COc2ccc(Cl)c(C)c2)cc1B(O)O. The molecule has 0 radical (unpaired) electrons. The van der Waals surface area contributed by atoms with Crippen LogP contribution in [0.5, 0.6) is 11.5 Å². The Balaban J connectivity index is 2.12. The highest BCUT2D eigenvalue weighted by Crippen LogP contribution is 2.22. The van der Waals surface area contributed by atoms with E-state index in [-0.39, 0.29) is 0 Å². The fraction of sp³-hybridized carbons (Fsp3) is 0.200. The molecule has 6 heteroatoms. The molecule has 0 saturated heterocycles. The molecule has 21 heavy (non-hydrogen) atoms. The first-order chi connectivity index (χ1) is 10.0. The lowest BCUT2D eigenvalue weighted by molar-refractivity contribution is 0.306. The standard InChI is InChI=1S/C15H16BClO4/c1-10-7-12(4-5-14(10)17)21-9-11-3-6-15(20-2)13(8-11)16(18)19/h3-8,18-19H,9H2,1-2H3. The highest BCUT2D eigenvalue weighted by molar-refractivity contribution is 6.59. The highest BCUT2D eigenvalue weighted by Gasteiger charge is 2.17. The van der Waals surface area contributed by atoms with E-state index in [2.05, 4.69) is 0 Å². The van der Waals surface area contributed by atoms with Gasteiger partial charge in [-0.15, -0.1) is 0 Å². The lowest BCUT2D eigenvalue weighted by atomic mass is 9.79. The largest absolute Gasteiger partial charge is 0.497 e. The van der Waals surface area contributed by atoms with Gasteiger partial charge in [0.2, 0.25) is 0 Å². The molecule has 0 fully saturated rings. The zero-order chi connectivity index (χ0) is 15.4. The van der Waals surface area contributed by atoms with Crippen molar-refractivity contribution in [3.63, 3.8) is 0 Å². The molecule has 0 bridgehead atoms. The Morgan fingerprint density at radius 1 is 1.14 bits per heavy atom. The van der Waals surface area contributed by atoms with Gasteiger partial charge < -0.3 is 19.5 Å². The van der Waals surface area contributed by atoms with Crippen molar-refractivity contribution >= 4 is 24.2 Å². The summed E-state index contributed by atoms with van der Waals surface area (Å²) in [6, 6.07) is 10.6. The molecule has 2 aromatic rings. The van der Waals surface area contributed by atoms with Crippen molar-refractivity contribution < 1.29 is 19.5 Å². The molecule has 0 spiro atoms. The van der Waals surface area contributed by atoms with Gasteiger partial charge in [-0.2, -0.15) is 0 Å². The molecule has 0 aliphatic rings. The third-order valence-corrected chi connectivity index (χ3v) is 3.53. The maximum atomic E-state index is 9.33. The van der Waals surface area contributed by atoms with Crippen LogP contribution < -0.4 is 14.9 Å². The molecule has 0 saturated carbocycles. The van der Waals surface area contributed by atoms with Gasteiger partial charge in [-0.05, 0) is 42.3 Å². The predicted molar refractivity (Wildman–Crippen MR) is 83.3 cm³/mol. The van der Waals surface area contributed by atoms with Gasteiger partial charge in [0, 0.05) is 10.5 Å². The van der Waals surface area contributed by atoms with Gasteiger partial charge in [0.15, 0.2) is 0 Å². The van der Waals surface area contributed by atoms with Crippen molar-refractivity contribution in [3.05, 3.63) is 52.5 Å². The van der Waals surface area contributed by atoms with Gasteiger partial charge in [-0.1, -0.05) is 23.7 Å². The zero-order valence-corrected chi connectivity index (χ0v) is 12.6. The average Bonchev–Trinajstić information content (AvgIpc) is 2.48. The quantitative estimate of drug-likeness (QED) is 0.829. The summed E-state index contributed by atoms with van der Waals surface area (Å²) < 4.78 is 10.8. The number of hydrogen-bond acceptors (Lipinski definition) is 4. The molecule has 2 N–H and O–H groups in total. The number of rotatable bonds is 5. The van der Waals surface area contributed by atoms with Crippen LogP contribution in [-0.2, 0) is 6.61 Å². The van der Waals surface area contributed by atoms with E-state index in [9.17, 15) is 10.0 Å². The van der Waals surface area contributed by atoms with Crippen molar-refractivity contribution in [1.82, 2.24) is 0 Å². The van der Waals surface area contributed by atoms with Crippen molar-refractivity contribution in [2.75, 3.05) is 7.11 Å². The van der Waals surface area contributed by atoms with Crippen molar-refractivity contribution in [2.45, 2.75) is 13.5 Å². The van der Waals surface area contributed by atoms with Crippen molar-refractivity contribution in [2.24, 2.45) is 0 Å². The smallest absolute Gasteiger partial charge is 0.492 e. The molecule has 110 valence electrons. The Morgan fingerprint density at radius 2 is 1.90 bits per heavy atom. The highest BCUT2D eigenvalue weighted by atomic mass is 35.5. The van der Waals surface area contributed by atoms with Gasteiger partial charge in [-0.3, -0.25) is 0 Å². The van der Waals surface area contributed by atoms with Crippen LogP contribution in [-0.4, -0.2) is 24.3 Å². The molecular formula is C15H16BClO4. The Labute approximate surface area is 129 Å². The summed E-state index contributed by atoms with van der Waals surface area (Å²) in [5.74, 6) is 1.13. The van der Waals surface area contributed by atoms with Gasteiger partial charge in [0.25, 0.3) is 0 Å². The summed E-state index contributed by atoms with van der Waals surface area (Å²) in [5, 5.41) is 19.4. The molecule has 0 unspecified atom stereocenters. The van der Waals surface area contributed by atoms with Crippen LogP contribution >= 0.6 is 11.6 Å². The molecular weight excluding hydrogens is 290 g/mol. The number of ether oxygens (including phenoxy) is 2. The molecule has 0 amide bonds. The van der Waals surface area contributed by atoms with Crippen molar-refractivity contribution in [3.8, 4) is 11.5 Å². The van der Waals surface area contributed by atoms with Crippen LogP contribution in [0.25, 0.3) is 0 Å². The van der Waals surface area contributed by atoms with Crippen LogP contribution in [0.1, 0.15) is 11.1 Å². The lowest BCUT2D eigenvalue weighted by Crippen LogP contribution is -2.31. The summed E-state index contributed by atoms with van der Waals surface area (Å²) in [7, 11) is -0.105. The normalized spacial score (nSPS) is 10.3. The first-order valence-corrected chi connectivity index (χ1v) is 6.81. The van der Waals surface area contributed by atoms with Crippen LogP contribution in [0.4, 0.5) is 0 Å². The third kappa shape index (κ3) is 3.91. The molecule has 4 nitrogen and oxygen atoms in total. The molecule has 0 atom stereocenters. The lowest BCUT2D eigenvalue weighted by Gasteiger charge is -2.11. The van der Waals surface area contributed by atoms with Gasteiger partial charge in [0.1, 0.15) is 18.1 Å². The van der Waals surface area contributed by atoms with E-state index in [0.717, 1.165) is 11.1 Å². The van der Waals surface area contributed by atoms with E-state index < -0.39 is 7.12 Å². The van der Waals surface area contributed by atoms with Crippen LogP contribution in [0.15, 0.2) is 36.4 Å². The van der Waals surface area contributed by atoms with E-state index in [1.807, 2.05) is 19.1 Å². The zero-order valence-electron chi connectivity index (χ0n) is 11.8. The molecule has 0 aliphatic carbocycles. The molecule has 0 aromatic heterocycles. The summed E-state index contributed by atoms with van der Waals surface area (Å²) in [5.41, 5.74) is 2.06. The summed E-state index contributed by atoms with van der Waals surface area (Å²) >= 11 is 5.96. The van der Waals surface area contributed by atoms with Crippen molar-refractivity contribution in [1.29, 1.82) is 0 Å². The van der Waals surface area contributed by atoms with Crippen LogP contribution in [0.3, 0.4) is 0 Å². The molecule has 2 aromatic carbocycles. The Hall–Kier alpha value is -1.69. The number of halogens is 1. The second-order valence-electron chi connectivity index (χ2n) is 4.65. The minimum absolute atomic E-state index is 0.310. The van der Waals surface area contributed by atoms with E-state index >= 15 is 0 Å². The monoisotopic (exact) mass is 306 g/mol. The van der Waals surface area contributed by atoms with Gasteiger partial charge >= 0.3 is 7.12 Å². The molecule has 0 heterocycles. The van der Waals surface area contributed by atoms with Crippen LogP contribution in [0, 0.1) is 6.92 Å². The van der Waals surface area contributed by atoms with E-state index in [1.54, 1.807) is 24.3 Å². The summed E-state index contributed by atoms with van der Waals surface area (Å²) in [6.07, 6.45) is 0. The fourth-order valence-electron chi connectivity index (χ4n) is 1.95. The first kappa shape index (κ1) is 15.7. The predicted octanol–water partition coefficient (Wildman–Crippen LogP) is 1.92. The van der Waals surface area contributed by atoms with E-state index in [0.29, 0.717) is 28.6 Å². The second kappa shape index (κ2) is 6.85. The second-order valence-corrected chi connectivity index (χ2v) is 5.06. The third-order valence-electron chi connectivity index (χ3n) is 3.11. The maximum absolute atomic E-state index is 9.33. The minimum atomic E-state index is -1.59. The minimum Gasteiger partial charge on any atom is -0.497 e. The van der Waals surface area contributed by atoms with Crippen LogP contribution in [0.2, 0.25) is 5.02 Å². The molecule has 2 rings (SSSR count). The molecule has 0 aliphatic heterocycles. The Kier molecular flexibility index (Phi) is 5.12. The van der Waals surface area contributed by atoms with Gasteiger partial charge in [-0.25, -0.2) is 0 Å². The topological polar surface area (TPSA) is 58.9 Å². The van der Waals surface area contributed by atoms with Gasteiger partial charge in [0.05, 0.1) is 7.11 Å². The fourth-order valence-corrected chi connectivity index (χ4v) is 2.07. The summed E-state index contributed by atoms with van der Waals surface area (Å²) in [4.78, 5) is 0. The Morgan fingerprint density at radius 3 is 2.52 bits per heavy atom. The first-order valence-electron chi connectivity index (χ1n) is 6.43. The Bertz CT molecular complexity index is 631. The van der Waals surface area contributed by atoms with E-state index in [1.165, 1.54) is 7.11 Å². The van der Waals surface area contributed by atoms with E-state index in [4.69, 9.17) is 21.1 Å². The average molecular weight is 307 g/mol. The number of methoxy groups -OCH3 is 1. The number of aryl methyl sites for hydroxylation is 1. The number of benzene rings is 2. The maximum Gasteiger partial charge on any atom is 0.492 e. The summed E-state index contributed by atoms with van der Waals surface area (Å²) in [6.45, 7) is 2.22.